The molecule has 0 aliphatic heterocycles. The van der Waals surface area contributed by atoms with Crippen LogP contribution in [0.25, 0.3) is 11.1 Å². The van der Waals surface area contributed by atoms with Crippen LogP contribution < -0.4 is 5.56 Å². The van der Waals surface area contributed by atoms with Gasteiger partial charge in [0.25, 0.3) is 5.56 Å². The zero-order valence-corrected chi connectivity index (χ0v) is 10.7. The molecular weight excluding hydrogens is 250 g/mol. The SMILES string of the molecule is CC(C)Cc1ccc(-c2cnc[nH]c2=O)c(F)c1F. The highest BCUT2D eigenvalue weighted by Gasteiger charge is 2.17. The van der Waals surface area contributed by atoms with Crippen LogP contribution >= 0.6 is 0 Å². The third-order valence-corrected chi connectivity index (χ3v) is 2.80. The van der Waals surface area contributed by atoms with Crippen LogP contribution in [-0.2, 0) is 6.42 Å². The molecule has 19 heavy (non-hydrogen) atoms. The second-order valence-corrected chi connectivity index (χ2v) is 4.79. The molecule has 5 heteroatoms. The topological polar surface area (TPSA) is 45.8 Å². The van der Waals surface area contributed by atoms with Crippen LogP contribution in [-0.4, -0.2) is 9.97 Å². The average Bonchev–Trinajstić information content (AvgIpc) is 2.36. The molecule has 0 saturated heterocycles. The summed E-state index contributed by atoms with van der Waals surface area (Å²) in [6.45, 7) is 3.86. The maximum absolute atomic E-state index is 14.0. The van der Waals surface area contributed by atoms with E-state index < -0.39 is 17.2 Å². The van der Waals surface area contributed by atoms with Crippen molar-refractivity contribution in [2.45, 2.75) is 20.3 Å². The number of nitrogens with zero attached hydrogens (tertiary/aromatic N) is 1. The van der Waals surface area contributed by atoms with E-state index in [0.717, 1.165) is 0 Å². The summed E-state index contributed by atoms with van der Waals surface area (Å²) in [5.74, 6) is -1.67. The number of halogens is 2. The Bertz CT molecular complexity index is 650. The van der Waals surface area contributed by atoms with Crippen molar-refractivity contribution in [1.82, 2.24) is 9.97 Å². The number of aromatic amines is 1. The Balaban J connectivity index is 2.53. The smallest absolute Gasteiger partial charge is 0.258 e. The van der Waals surface area contributed by atoms with Crippen molar-refractivity contribution < 1.29 is 8.78 Å². The average molecular weight is 264 g/mol. The number of aromatic nitrogens is 2. The fourth-order valence-corrected chi connectivity index (χ4v) is 1.93. The second kappa shape index (κ2) is 5.30. The van der Waals surface area contributed by atoms with E-state index in [2.05, 4.69) is 9.97 Å². The van der Waals surface area contributed by atoms with Crippen molar-refractivity contribution >= 4 is 0 Å². The lowest BCUT2D eigenvalue weighted by molar-refractivity contribution is 0.491. The van der Waals surface area contributed by atoms with Crippen molar-refractivity contribution in [1.29, 1.82) is 0 Å². The van der Waals surface area contributed by atoms with E-state index in [-0.39, 0.29) is 17.0 Å². The van der Waals surface area contributed by atoms with E-state index in [1.54, 1.807) is 0 Å². The monoisotopic (exact) mass is 264 g/mol. The molecule has 0 radical (unpaired) electrons. The Labute approximate surface area is 109 Å². The number of rotatable bonds is 3. The zero-order valence-electron chi connectivity index (χ0n) is 10.7. The Kier molecular flexibility index (Phi) is 3.74. The molecule has 0 aliphatic carbocycles. The summed E-state index contributed by atoms with van der Waals surface area (Å²) in [4.78, 5) is 17.6. The van der Waals surface area contributed by atoms with E-state index in [0.29, 0.717) is 12.0 Å². The van der Waals surface area contributed by atoms with Crippen LogP contribution in [0.3, 0.4) is 0 Å². The summed E-state index contributed by atoms with van der Waals surface area (Å²) in [5, 5.41) is 0. The van der Waals surface area contributed by atoms with Crippen molar-refractivity contribution in [2.75, 3.05) is 0 Å². The third-order valence-electron chi connectivity index (χ3n) is 2.80. The van der Waals surface area contributed by atoms with E-state index in [9.17, 15) is 13.6 Å². The quantitative estimate of drug-likeness (QED) is 0.926. The highest BCUT2D eigenvalue weighted by molar-refractivity contribution is 5.62. The minimum atomic E-state index is -1.00. The molecule has 1 aromatic heterocycles. The first-order chi connectivity index (χ1) is 9.00. The van der Waals surface area contributed by atoms with E-state index in [4.69, 9.17) is 0 Å². The molecule has 2 aromatic rings. The third kappa shape index (κ3) is 2.70. The van der Waals surface area contributed by atoms with Crippen LogP contribution in [0.1, 0.15) is 19.4 Å². The van der Waals surface area contributed by atoms with Crippen LogP contribution in [0.5, 0.6) is 0 Å². The number of nitrogens with one attached hydrogen (secondary N) is 1. The Morgan fingerprint density at radius 2 is 1.95 bits per heavy atom. The molecule has 0 unspecified atom stereocenters. The lowest BCUT2D eigenvalue weighted by atomic mass is 9.99. The summed E-state index contributed by atoms with van der Waals surface area (Å²) in [6, 6.07) is 2.93. The predicted molar refractivity (Wildman–Crippen MR) is 68.8 cm³/mol. The normalized spacial score (nSPS) is 11.0. The molecule has 0 atom stereocenters. The van der Waals surface area contributed by atoms with Crippen molar-refractivity contribution in [3.8, 4) is 11.1 Å². The van der Waals surface area contributed by atoms with Gasteiger partial charge in [-0.15, -0.1) is 0 Å². The van der Waals surface area contributed by atoms with E-state index in [1.807, 2.05) is 13.8 Å². The van der Waals surface area contributed by atoms with Gasteiger partial charge in [-0.3, -0.25) is 4.79 Å². The molecule has 1 aromatic carbocycles. The largest absolute Gasteiger partial charge is 0.313 e. The number of hydrogen-bond donors (Lipinski definition) is 1. The Hall–Kier alpha value is -2.04. The molecule has 1 heterocycles. The molecule has 1 N–H and O–H groups in total. The minimum absolute atomic E-state index is 0.0231. The molecular formula is C14H14F2N2O. The molecule has 0 aliphatic rings. The van der Waals surface area contributed by atoms with Gasteiger partial charge >= 0.3 is 0 Å². The minimum Gasteiger partial charge on any atom is -0.313 e. The van der Waals surface area contributed by atoms with Crippen LogP contribution in [0.4, 0.5) is 8.78 Å². The van der Waals surface area contributed by atoms with Crippen molar-refractivity contribution in [2.24, 2.45) is 5.92 Å². The summed E-state index contributed by atoms with van der Waals surface area (Å²) in [6.07, 6.45) is 2.87. The van der Waals surface area contributed by atoms with Gasteiger partial charge in [-0.25, -0.2) is 13.8 Å². The fourth-order valence-electron chi connectivity index (χ4n) is 1.93. The summed E-state index contributed by atoms with van der Waals surface area (Å²) in [5.41, 5.74) is -0.226. The lowest BCUT2D eigenvalue weighted by Crippen LogP contribution is -2.10. The van der Waals surface area contributed by atoms with Gasteiger partial charge in [0.15, 0.2) is 11.6 Å². The second-order valence-electron chi connectivity index (χ2n) is 4.79. The molecule has 2 rings (SSSR count). The van der Waals surface area contributed by atoms with Crippen LogP contribution in [0, 0.1) is 17.6 Å². The van der Waals surface area contributed by atoms with Gasteiger partial charge < -0.3 is 4.98 Å². The molecule has 0 spiro atoms. The Morgan fingerprint density at radius 3 is 2.58 bits per heavy atom. The number of benzene rings is 1. The number of H-pyrrole nitrogens is 1. The highest BCUT2D eigenvalue weighted by Crippen LogP contribution is 2.24. The molecule has 0 bridgehead atoms. The van der Waals surface area contributed by atoms with E-state index in [1.165, 1.54) is 24.7 Å². The van der Waals surface area contributed by atoms with Gasteiger partial charge in [0.1, 0.15) is 0 Å². The van der Waals surface area contributed by atoms with Crippen LogP contribution in [0.2, 0.25) is 0 Å². The first-order valence-electron chi connectivity index (χ1n) is 6.00. The first kappa shape index (κ1) is 13.4. The maximum atomic E-state index is 14.0. The van der Waals surface area contributed by atoms with Gasteiger partial charge in [-0.05, 0) is 17.9 Å². The summed E-state index contributed by atoms with van der Waals surface area (Å²) < 4.78 is 28.0. The first-order valence-corrected chi connectivity index (χ1v) is 6.00. The molecule has 0 saturated carbocycles. The maximum Gasteiger partial charge on any atom is 0.258 e. The zero-order chi connectivity index (χ0) is 14.0. The van der Waals surface area contributed by atoms with Gasteiger partial charge in [0.2, 0.25) is 0 Å². The lowest BCUT2D eigenvalue weighted by Gasteiger charge is -2.09. The Morgan fingerprint density at radius 1 is 1.21 bits per heavy atom. The van der Waals surface area contributed by atoms with Gasteiger partial charge in [-0.1, -0.05) is 26.0 Å². The standard InChI is InChI=1S/C14H14F2N2O/c1-8(2)5-9-3-4-10(13(16)12(9)15)11-6-17-7-18-14(11)19/h3-4,6-8H,5H2,1-2H3,(H,17,18,19). The molecule has 0 fully saturated rings. The van der Waals surface area contributed by atoms with Crippen molar-refractivity contribution in [3.05, 3.63) is 52.2 Å². The number of hydrogen-bond acceptors (Lipinski definition) is 2. The van der Waals surface area contributed by atoms with Crippen molar-refractivity contribution in [3.63, 3.8) is 0 Å². The molecule has 3 nitrogen and oxygen atoms in total. The summed E-state index contributed by atoms with van der Waals surface area (Å²) >= 11 is 0. The molecule has 0 amide bonds. The van der Waals surface area contributed by atoms with Gasteiger partial charge in [-0.2, -0.15) is 0 Å². The summed E-state index contributed by atoms with van der Waals surface area (Å²) in [7, 11) is 0. The predicted octanol–water partition coefficient (Wildman–Crippen LogP) is 2.91. The van der Waals surface area contributed by atoms with E-state index >= 15 is 0 Å². The molecule has 100 valence electrons. The van der Waals surface area contributed by atoms with Crippen LogP contribution in [0.15, 0.2) is 29.5 Å². The van der Waals surface area contributed by atoms with Gasteiger partial charge in [0.05, 0.1) is 11.9 Å². The fraction of sp³-hybridized carbons (Fsp3) is 0.286. The van der Waals surface area contributed by atoms with Gasteiger partial charge in [0, 0.05) is 11.8 Å². The highest BCUT2D eigenvalue weighted by atomic mass is 19.2.